The topological polar surface area (TPSA) is 79.6 Å². The molecule has 0 spiro atoms. The Kier molecular flexibility index (Phi) is 5.10. The third-order valence-corrected chi connectivity index (χ3v) is 6.86. The van der Waals surface area contributed by atoms with Crippen LogP contribution in [-0.4, -0.2) is 35.6 Å². The monoisotopic (exact) mass is 400 g/mol. The zero-order chi connectivity index (χ0) is 19.8. The molecular weight excluding hydrogens is 376 g/mol. The van der Waals surface area contributed by atoms with Gasteiger partial charge in [0.25, 0.3) is 0 Å². The molecule has 3 heterocycles. The minimum Gasteiger partial charge on any atom is -0.461 e. The summed E-state index contributed by atoms with van der Waals surface area (Å²) in [5.41, 5.74) is 1.60. The minimum absolute atomic E-state index is 0.00818. The summed E-state index contributed by atoms with van der Waals surface area (Å²) in [6.07, 6.45) is 4.48. The lowest BCUT2D eigenvalue weighted by Gasteiger charge is -2.18. The van der Waals surface area contributed by atoms with E-state index >= 15 is 0 Å². The third kappa shape index (κ3) is 3.39. The predicted octanol–water partition coefficient (Wildman–Crippen LogP) is 3.50. The molecule has 1 aliphatic carbocycles. The van der Waals surface area contributed by atoms with Gasteiger partial charge in [0.1, 0.15) is 5.00 Å². The lowest BCUT2D eigenvalue weighted by Crippen LogP contribution is -2.28. The summed E-state index contributed by atoms with van der Waals surface area (Å²) >= 11 is 1.49. The lowest BCUT2D eigenvalue weighted by molar-refractivity contribution is -0.128. The van der Waals surface area contributed by atoms with E-state index in [1.54, 1.807) is 17.0 Å². The predicted molar refractivity (Wildman–Crippen MR) is 107 cm³/mol. The van der Waals surface area contributed by atoms with Crippen LogP contribution >= 0.6 is 11.3 Å². The Morgan fingerprint density at radius 3 is 2.86 bits per heavy atom. The number of hydrogen-bond acceptors (Lipinski definition) is 5. The van der Waals surface area contributed by atoms with Crippen molar-refractivity contribution in [2.45, 2.75) is 39.5 Å². The molecule has 2 amide bonds. The third-order valence-electron chi connectivity index (χ3n) is 5.69. The standard InChI is InChI=1S/C21H24N2O4S/c1-3-23-11-13(10-17(23)24)20(26)22-21-18(19(25)15-5-4-8-27-15)14-7-6-12(2)9-16(14)28-21/h4-5,8,12-13H,3,6-7,9-11H2,1-2H3,(H,22,26). The summed E-state index contributed by atoms with van der Waals surface area (Å²) < 4.78 is 5.32. The van der Waals surface area contributed by atoms with Crippen LogP contribution in [0.5, 0.6) is 0 Å². The van der Waals surface area contributed by atoms with Crippen molar-refractivity contribution in [3.8, 4) is 0 Å². The number of rotatable bonds is 5. The van der Waals surface area contributed by atoms with E-state index in [1.165, 1.54) is 22.5 Å². The number of anilines is 1. The van der Waals surface area contributed by atoms with Gasteiger partial charge in [0.2, 0.25) is 17.6 Å². The largest absolute Gasteiger partial charge is 0.461 e. The van der Waals surface area contributed by atoms with Crippen LogP contribution in [0.2, 0.25) is 0 Å². The number of nitrogens with zero attached hydrogens (tertiary/aromatic N) is 1. The van der Waals surface area contributed by atoms with Crippen molar-refractivity contribution < 1.29 is 18.8 Å². The van der Waals surface area contributed by atoms with E-state index < -0.39 is 0 Å². The molecule has 2 aliphatic rings. The summed E-state index contributed by atoms with van der Waals surface area (Å²) in [6.45, 7) is 5.16. The Morgan fingerprint density at radius 2 is 2.18 bits per heavy atom. The van der Waals surface area contributed by atoms with Gasteiger partial charge in [-0.05, 0) is 49.8 Å². The molecule has 1 aliphatic heterocycles. The Morgan fingerprint density at radius 1 is 1.36 bits per heavy atom. The van der Waals surface area contributed by atoms with E-state index in [4.69, 9.17) is 4.42 Å². The van der Waals surface area contributed by atoms with E-state index in [0.29, 0.717) is 29.6 Å². The van der Waals surface area contributed by atoms with Gasteiger partial charge < -0.3 is 14.6 Å². The van der Waals surface area contributed by atoms with Crippen LogP contribution in [0.15, 0.2) is 22.8 Å². The Bertz CT molecular complexity index is 915. The van der Waals surface area contributed by atoms with Gasteiger partial charge in [-0.1, -0.05) is 6.92 Å². The van der Waals surface area contributed by atoms with Crippen molar-refractivity contribution in [1.29, 1.82) is 0 Å². The van der Waals surface area contributed by atoms with Gasteiger partial charge in [0.05, 0.1) is 17.7 Å². The summed E-state index contributed by atoms with van der Waals surface area (Å²) in [6, 6.07) is 3.34. The van der Waals surface area contributed by atoms with E-state index in [2.05, 4.69) is 12.2 Å². The van der Waals surface area contributed by atoms with Gasteiger partial charge in [-0.3, -0.25) is 14.4 Å². The van der Waals surface area contributed by atoms with Gasteiger partial charge in [0, 0.05) is 24.4 Å². The number of ketones is 1. The quantitative estimate of drug-likeness (QED) is 0.779. The number of carbonyl (C=O) groups is 3. The molecule has 0 saturated carbocycles. The van der Waals surface area contributed by atoms with Crippen LogP contribution < -0.4 is 5.32 Å². The number of hydrogen-bond donors (Lipinski definition) is 1. The SMILES string of the molecule is CCN1CC(C(=O)Nc2sc3c(c2C(=O)c2ccco2)CCC(C)C3)CC1=O. The number of carbonyl (C=O) groups excluding carboxylic acids is 3. The molecule has 28 heavy (non-hydrogen) atoms. The van der Waals surface area contributed by atoms with Crippen LogP contribution in [0.4, 0.5) is 5.00 Å². The first kappa shape index (κ1) is 18.9. The molecular formula is C21H24N2O4S. The zero-order valence-electron chi connectivity index (χ0n) is 16.1. The Labute approximate surface area is 167 Å². The Hall–Kier alpha value is -2.41. The molecule has 148 valence electrons. The van der Waals surface area contributed by atoms with Gasteiger partial charge in [-0.15, -0.1) is 11.3 Å². The summed E-state index contributed by atoms with van der Waals surface area (Å²) in [5, 5.41) is 3.56. The molecule has 1 N–H and O–H groups in total. The molecule has 7 heteroatoms. The van der Waals surface area contributed by atoms with Crippen LogP contribution in [0.1, 0.15) is 53.2 Å². The van der Waals surface area contributed by atoms with Gasteiger partial charge in [-0.25, -0.2) is 0 Å². The smallest absolute Gasteiger partial charge is 0.231 e. The summed E-state index contributed by atoms with van der Waals surface area (Å²) in [7, 11) is 0. The van der Waals surface area contributed by atoms with Crippen LogP contribution in [0, 0.1) is 11.8 Å². The zero-order valence-corrected chi connectivity index (χ0v) is 16.9. The molecule has 4 rings (SSSR count). The van der Waals surface area contributed by atoms with E-state index in [1.807, 2.05) is 6.92 Å². The molecule has 0 radical (unpaired) electrons. The maximum atomic E-state index is 13.1. The molecule has 2 aromatic heterocycles. The lowest BCUT2D eigenvalue weighted by atomic mass is 9.87. The maximum Gasteiger partial charge on any atom is 0.231 e. The molecule has 0 bridgehead atoms. The number of likely N-dealkylation sites (tertiary alicyclic amines) is 1. The highest BCUT2D eigenvalue weighted by Gasteiger charge is 2.35. The van der Waals surface area contributed by atoms with Crippen molar-refractivity contribution in [3.63, 3.8) is 0 Å². The normalized spacial score (nSPS) is 21.6. The average Bonchev–Trinajstić information content (AvgIpc) is 3.39. The van der Waals surface area contributed by atoms with Crippen LogP contribution in [0.3, 0.4) is 0 Å². The first-order chi connectivity index (χ1) is 13.5. The number of amides is 2. The fourth-order valence-corrected chi connectivity index (χ4v) is 5.49. The minimum atomic E-state index is -0.378. The fourth-order valence-electron chi connectivity index (χ4n) is 4.08. The number of thiophene rings is 1. The molecule has 1 fully saturated rings. The van der Waals surface area contributed by atoms with Crippen molar-refractivity contribution in [3.05, 3.63) is 40.2 Å². The number of fused-ring (bicyclic) bond motifs is 1. The fraction of sp³-hybridized carbons (Fsp3) is 0.476. The van der Waals surface area contributed by atoms with Gasteiger partial charge >= 0.3 is 0 Å². The first-order valence-corrected chi connectivity index (χ1v) is 10.6. The van der Waals surface area contributed by atoms with Crippen molar-refractivity contribution in [1.82, 2.24) is 4.90 Å². The highest BCUT2D eigenvalue weighted by atomic mass is 32.1. The Balaban J connectivity index is 1.64. The van der Waals surface area contributed by atoms with Crippen molar-refractivity contribution in [2.24, 2.45) is 11.8 Å². The second-order valence-corrected chi connectivity index (χ2v) is 8.79. The second kappa shape index (κ2) is 7.54. The average molecular weight is 401 g/mol. The second-order valence-electron chi connectivity index (χ2n) is 7.68. The molecule has 2 aromatic rings. The van der Waals surface area contributed by atoms with Crippen LogP contribution in [-0.2, 0) is 22.4 Å². The molecule has 2 unspecified atom stereocenters. The maximum absolute atomic E-state index is 13.1. The van der Waals surface area contributed by atoms with Gasteiger partial charge in [0.15, 0.2) is 5.76 Å². The van der Waals surface area contributed by atoms with E-state index in [9.17, 15) is 14.4 Å². The van der Waals surface area contributed by atoms with Crippen molar-refractivity contribution >= 4 is 33.9 Å². The number of nitrogens with one attached hydrogen (secondary N) is 1. The molecule has 1 saturated heterocycles. The molecule has 6 nitrogen and oxygen atoms in total. The highest BCUT2D eigenvalue weighted by molar-refractivity contribution is 7.17. The van der Waals surface area contributed by atoms with Crippen LogP contribution in [0.25, 0.3) is 0 Å². The highest BCUT2D eigenvalue weighted by Crippen LogP contribution is 2.41. The number of furan rings is 1. The van der Waals surface area contributed by atoms with E-state index in [-0.39, 0.29) is 35.7 Å². The summed E-state index contributed by atoms with van der Waals surface area (Å²) in [4.78, 5) is 40.8. The molecule has 2 atom stereocenters. The van der Waals surface area contributed by atoms with Gasteiger partial charge in [-0.2, -0.15) is 0 Å². The van der Waals surface area contributed by atoms with Crippen molar-refractivity contribution in [2.75, 3.05) is 18.4 Å². The van der Waals surface area contributed by atoms with E-state index in [0.717, 1.165) is 24.8 Å². The molecule has 0 aromatic carbocycles. The first-order valence-electron chi connectivity index (χ1n) is 9.79. The summed E-state index contributed by atoms with van der Waals surface area (Å²) in [5.74, 6) is 0.0927.